The van der Waals surface area contributed by atoms with Gasteiger partial charge >= 0.3 is 0 Å². The lowest BCUT2D eigenvalue weighted by molar-refractivity contribution is 0.0505. The van der Waals surface area contributed by atoms with Crippen LogP contribution in [0.1, 0.15) is 10.5 Å². The van der Waals surface area contributed by atoms with Crippen molar-refractivity contribution in [2.45, 2.75) is 18.8 Å². The average Bonchev–Trinajstić information content (AvgIpc) is 2.88. The molecule has 0 fully saturated rings. The SMILES string of the molecule is CNc1ncn(CC(O)CO)c1C(=O)N(C)CC(O)CO. The van der Waals surface area contributed by atoms with Crippen molar-refractivity contribution < 1.29 is 25.2 Å². The summed E-state index contributed by atoms with van der Waals surface area (Å²) in [5, 5.41) is 39.4. The minimum atomic E-state index is -1.03. The first-order valence-corrected chi connectivity index (χ1v) is 6.50. The Hall–Kier alpha value is -1.68. The Labute approximate surface area is 122 Å². The normalized spacial score (nSPS) is 13.8. The van der Waals surface area contributed by atoms with Crippen LogP contribution in [0.25, 0.3) is 0 Å². The topological polar surface area (TPSA) is 131 Å². The standard InChI is InChI=1S/C12H22N4O5/c1-13-11-10(12(21)15(2)3-8(19)5-17)16(7-14-11)4-9(20)6-18/h7-9,13,17-20H,3-6H2,1-2H3. The van der Waals surface area contributed by atoms with Gasteiger partial charge in [-0.3, -0.25) is 4.79 Å². The maximum Gasteiger partial charge on any atom is 0.274 e. The lowest BCUT2D eigenvalue weighted by Crippen LogP contribution is -2.37. The van der Waals surface area contributed by atoms with Gasteiger partial charge in [0.25, 0.3) is 5.91 Å². The number of nitrogens with one attached hydrogen (secondary N) is 1. The molecule has 2 atom stereocenters. The zero-order valence-electron chi connectivity index (χ0n) is 12.1. The molecule has 9 heteroatoms. The third kappa shape index (κ3) is 4.39. The quantitative estimate of drug-likeness (QED) is 0.365. The van der Waals surface area contributed by atoms with Crippen LogP contribution < -0.4 is 5.32 Å². The molecule has 0 saturated carbocycles. The average molecular weight is 302 g/mol. The number of carbonyl (C=O) groups is 1. The van der Waals surface area contributed by atoms with Crippen LogP contribution in [0, 0.1) is 0 Å². The lowest BCUT2D eigenvalue weighted by atomic mass is 10.3. The molecular formula is C12H22N4O5. The monoisotopic (exact) mass is 302 g/mol. The number of aliphatic hydroxyl groups is 4. The zero-order valence-corrected chi connectivity index (χ0v) is 12.1. The second kappa shape index (κ2) is 7.93. The van der Waals surface area contributed by atoms with E-state index < -0.39 is 31.3 Å². The fourth-order valence-electron chi connectivity index (χ4n) is 1.85. The molecule has 0 spiro atoms. The summed E-state index contributed by atoms with van der Waals surface area (Å²) in [6.07, 6.45) is -0.658. The Morgan fingerprint density at radius 3 is 2.52 bits per heavy atom. The Morgan fingerprint density at radius 2 is 2.00 bits per heavy atom. The highest BCUT2D eigenvalue weighted by molar-refractivity contribution is 5.97. The summed E-state index contributed by atoms with van der Waals surface area (Å²) in [5.74, 6) is -0.0926. The van der Waals surface area contributed by atoms with Gasteiger partial charge in [-0.2, -0.15) is 0 Å². The number of hydrogen-bond donors (Lipinski definition) is 5. The number of anilines is 1. The van der Waals surface area contributed by atoms with Crippen molar-refractivity contribution in [3.8, 4) is 0 Å². The molecule has 1 heterocycles. The first kappa shape index (κ1) is 17.4. The Morgan fingerprint density at radius 1 is 1.38 bits per heavy atom. The van der Waals surface area contributed by atoms with E-state index in [0.717, 1.165) is 0 Å². The number of imidazole rings is 1. The molecule has 5 N–H and O–H groups in total. The van der Waals surface area contributed by atoms with E-state index >= 15 is 0 Å². The van der Waals surface area contributed by atoms with Gasteiger partial charge in [-0.05, 0) is 0 Å². The van der Waals surface area contributed by atoms with Crippen LogP contribution in [0.15, 0.2) is 6.33 Å². The number of aliphatic hydroxyl groups excluding tert-OH is 4. The zero-order chi connectivity index (χ0) is 16.0. The van der Waals surface area contributed by atoms with Gasteiger partial charge < -0.3 is 35.2 Å². The molecule has 1 rings (SSSR count). The maximum absolute atomic E-state index is 12.4. The van der Waals surface area contributed by atoms with Crippen LogP contribution in [-0.4, -0.2) is 86.8 Å². The third-order valence-electron chi connectivity index (χ3n) is 2.94. The first-order chi connectivity index (χ1) is 9.94. The summed E-state index contributed by atoms with van der Waals surface area (Å²) >= 11 is 0. The first-order valence-electron chi connectivity index (χ1n) is 6.50. The van der Waals surface area contributed by atoms with Gasteiger partial charge in [-0.25, -0.2) is 4.98 Å². The second-order valence-corrected chi connectivity index (χ2v) is 4.70. The molecule has 21 heavy (non-hydrogen) atoms. The number of hydrogen-bond acceptors (Lipinski definition) is 7. The molecule has 120 valence electrons. The summed E-state index contributed by atoms with van der Waals surface area (Å²) in [6.45, 7) is -0.895. The Kier molecular flexibility index (Phi) is 6.56. The van der Waals surface area contributed by atoms with E-state index in [-0.39, 0.29) is 18.8 Å². The number of likely N-dealkylation sites (N-methyl/N-ethyl adjacent to an activating group) is 1. The van der Waals surface area contributed by atoms with Crippen molar-refractivity contribution in [2.24, 2.45) is 0 Å². The third-order valence-corrected chi connectivity index (χ3v) is 2.94. The molecule has 0 bridgehead atoms. The van der Waals surface area contributed by atoms with Crippen molar-refractivity contribution >= 4 is 11.7 Å². The fourth-order valence-corrected chi connectivity index (χ4v) is 1.85. The van der Waals surface area contributed by atoms with Gasteiger partial charge in [0.05, 0.1) is 38.3 Å². The number of amides is 1. The summed E-state index contributed by atoms with van der Waals surface area (Å²) in [6, 6.07) is 0. The van der Waals surface area contributed by atoms with Crippen LogP contribution in [0.2, 0.25) is 0 Å². The maximum atomic E-state index is 12.4. The summed E-state index contributed by atoms with van der Waals surface area (Å²) in [7, 11) is 3.09. The van der Waals surface area contributed by atoms with E-state index in [9.17, 15) is 15.0 Å². The van der Waals surface area contributed by atoms with Crippen molar-refractivity contribution in [3.63, 3.8) is 0 Å². The van der Waals surface area contributed by atoms with E-state index in [1.165, 1.54) is 22.8 Å². The molecule has 0 aromatic carbocycles. The predicted molar refractivity (Wildman–Crippen MR) is 74.9 cm³/mol. The van der Waals surface area contributed by atoms with E-state index in [4.69, 9.17) is 10.2 Å². The molecule has 0 aliphatic carbocycles. The van der Waals surface area contributed by atoms with E-state index in [1.807, 2.05) is 0 Å². The van der Waals surface area contributed by atoms with Crippen molar-refractivity contribution in [3.05, 3.63) is 12.0 Å². The van der Waals surface area contributed by atoms with Gasteiger partial charge in [-0.1, -0.05) is 0 Å². The van der Waals surface area contributed by atoms with Crippen LogP contribution in [0.4, 0.5) is 5.82 Å². The van der Waals surface area contributed by atoms with Crippen LogP contribution in [-0.2, 0) is 6.54 Å². The van der Waals surface area contributed by atoms with Gasteiger partial charge in [0.1, 0.15) is 0 Å². The number of aromatic nitrogens is 2. The Balaban J connectivity index is 2.97. The lowest BCUT2D eigenvalue weighted by Gasteiger charge is -2.21. The van der Waals surface area contributed by atoms with Crippen LogP contribution in [0.3, 0.4) is 0 Å². The van der Waals surface area contributed by atoms with Crippen molar-refractivity contribution in [2.75, 3.05) is 39.2 Å². The van der Waals surface area contributed by atoms with Gasteiger partial charge in [-0.15, -0.1) is 0 Å². The molecule has 0 saturated heterocycles. The summed E-state index contributed by atoms with van der Waals surface area (Å²) in [5.41, 5.74) is 0.206. The van der Waals surface area contributed by atoms with Gasteiger partial charge in [0, 0.05) is 20.6 Å². The second-order valence-electron chi connectivity index (χ2n) is 4.70. The van der Waals surface area contributed by atoms with Crippen molar-refractivity contribution in [1.82, 2.24) is 14.5 Å². The highest BCUT2D eigenvalue weighted by atomic mass is 16.3. The highest BCUT2D eigenvalue weighted by Gasteiger charge is 2.23. The highest BCUT2D eigenvalue weighted by Crippen LogP contribution is 2.16. The van der Waals surface area contributed by atoms with E-state index in [2.05, 4.69) is 10.3 Å². The number of carbonyl (C=O) groups excluding carboxylic acids is 1. The molecule has 0 aliphatic rings. The molecule has 0 aliphatic heterocycles. The molecule has 2 unspecified atom stereocenters. The molecule has 9 nitrogen and oxygen atoms in total. The molecule has 1 amide bonds. The Bertz CT molecular complexity index is 465. The number of rotatable bonds is 8. The molecular weight excluding hydrogens is 280 g/mol. The largest absolute Gasteiger partial charge is 0.394 e. The van der Waals surface area contributed by atoms with E-state index in [1.54, 1.807) is 7.05 Å². The summed E-state index contributed by atoms with van der Waals surface area (Å²) < 4.78 is 1.43. The minimum Gasteiger partial charge on any atom is -0.394 e. The molecule has 1 aromatic heterocycles. The predicted octanol–water partition coefficient (Wildman–Crippen LogP) is -2.30. The molecule has 0 radical (unpaired) electrons. The van der Waals surface area contributed by atoms with Gasteiger partial charge in [0.15, 0.2) is 11.5 Å². The minimum absolute atomic E-state index is 0.0165. The smallest absolute Gasteiger partial charge is 0.274 e. The fraction of sp³-hybridized carbons (Fsp3) is 0.667. The van der Waals surface area contributed by atoms with Crippen LogP contribution in [0.5, 0.6) is 0 Å². The van der Waals surface area contributed by atoms with Crippen LogP contribution >= 0.6 is 0 Å². The molecule has 1 aromatic rings. The van der Waals surface area contributed by atoms with Gasteiger partial charge in [0.2, 0.25) is 0 Å². The number of nitrogens with zero attached hydrogens (tertiary/aromatic N) is 3. The summed E-state index contributed by atoms with van der Waals surface area (Å²) in [4.78, 5) is 17.7. The van der Waals surface area contributed by atoms with Crippen molar-refractivity contribution in [1.29, 1.82) is 0 Å². The van der Waals surface area contributed by atoms with E-state index in [0.29, 0.717) is 5.82 Å².